The van der Waals surface area contributed by atoms with Crippen molar-refractivity contribution in [1.82, 2.24) is 5.48 Å². The molecule has 0 saturated carbocycles. The third-order valence-corrected chi connectivity index (χ3v) is 4.39. The maximum absolute atomic E-state index is 10.5. The van der Waals surface area contributed by atoms with Crippen LogP contribution in [0.25, 0.3) is 0 Å². The van der Waals surface area contributed by atoms with Crippen molar-refractivity contribution >= 4 is 33.9 Å². The second-order valence-corrected chi connectivity index (χ2v) is 6.95. The van der Waals surface area contributed by atoms with Crippen LogP contribution in [0.3, 0.4) is 0 Å². The van der Waals surface area contributed by atoms with Crippen molar-refractivity contribution in [1.29, 1.82) is 0 Å². The molecule has 2 rings (SSSR count). The van der Waals surface area contributed by atoms with Crippen LogP contribution >= 0.6 is 11.6 Å². The van der Waals surface area contributed by atoms with E-state index in [0.29, 0.717) is 5.56 Å². The van der Waals surface area contributed by atoms with Gasteiger partial charge in [0.05, 0.1) is 23.2 Å². The summed E-state index contributed by atoms with van der Waals surface area (Å²) in [5.41, 5.74) is 8.12. The van der Waals surface area contributed by atoms with E-state index in [4.69, 9.17) is 31.8 Å². The van der Waals surface area contributed by atoms with Crippen LogP contribution < -0.4 is 16.0 Å². The number of ether oxygens (including phenoxy) is 1. The minimum atomic E-state index is -4.02. The van der Waals surface area contributed by atoms with Crippen molar-refractivity contribution in [3.63, 3.8) is 0 Å². The van der Waals surface area contributed by atoms with E-state index in [0.717, 1.165) is 5.56 Å². The monoisotopic (exact) mass is 430 g/mol. The number of rotatable bonds is 4. The predicted molar refractivity (Wildman–Crippen MR) is 105 cm³/mol. The van der Waals surface area contributed by atoms with E-state index in [1.54, 1.807) is 23.7 Å². The number of guanidine groups is 1. The van der Waals surface area contributed by atoms with Crippen LogP contribution in [0.2, 0.25) is 5.02 Å². The van der Waals surface area contributed by atoms with Crippen molar-refractivity contribution in [3.8, 4) is 11.5 Å². The van der Waals surface area contributed by atoms with Gasteiger partial charge in [0.1, 0.15) is 0 Å². The molecule has 28 heavy (non-hydrogen) atoms. The van der Waals surface area contributed by atoms with Crippen LogP contribution in [0.5, 0.6) is 11.5 Å². The lowest BCUT2D eigenvalue weighted by atomic mass is 10.2. The fraction of sp³-hybridized carbons (Fsp3) is 0.125. The van der Waals surface area contributed by atoms with Gasteiger partial charge in [0, 0.05) is 5.56 Å². The molecule has 0 bridgehead atoms. The van der Waals surface area contributed by atoms with E-state index in [9.17, 15) is 13.5 Å². The number of benzene rings is 2. The number of hydrogen-bond acceptors (Lipinski definition) is 7. The van der Waals surface area contributed by atoms with Gasteiger partial charge in [-0.1, -0.05) is 29.3 Å². The number of halogens is 1. The highest BCUT2D eigenvalue weighted by Gasteiger charge is 2.09. The van der Waals surface area contributed by atoms with Crippen LogP contribution in [0, 0.1) is 6.92 Å². The molecule has 0 aliphatic rings. The molecular formula is C16H19ClN4O6S. The molecule has 0 saturated heterocycles. The Morgan fingerprint density at radius 1 is 1.25 bits per heavy atom. The molecule has 0 aliphatic heterocycles. The second-order valence-electron chi connectivity index (χ2n) is 5.15. The largest absolute Gasteiger partial charge is 0.503 e. The van der Waals surface area contributed by atoms with Gasteiger partial charge >= 0.3 is 0 Å². The van der Waals surface area contributed by atoms with Gasteiger partial charge in [-0.2, -0.15) is 13.5 Å². The third-order valence-electron chi connectivity index (χ3n) is 3.12. The minimum Gasteiger partial charge on any atom is -0.503 e. The summed E-state index contributed by atoms with van der Waals surface area (Å²) in [6.45, 7) is 1.84. The predicted octanol–water partition coefficient (Wildman–Crippen LogP) is 1.92. The summed E-state index contributed by atoms with van der Waals surface area (Å²) in [4.78, 5) is -0.0666. The minimum absolute atomic E-state index is 0.0666. The molecule has 12 heteroatoms. The molecule has 6 N–H and O–H groups in total. The summed E-state index contributed by atoms with van der Waals surface area (Å²) in [5, 5.41) is 25.0. The van der Waals surface area contributed by atoms with Gasteiger partial charge in [-0.25, -0.2) is 5.48 Å². The van der Waals surface area contributed by atoms with Crippen LogP contribution in [0.4, 0.5) is 0 Å². The quantitative estimate of drug-likeness (QED) is 0.212. The van der Waals surface area contributed by atoms with Crippen molar-refractivity contribution < 1.29 is 28.0 Å². The molecule has 0 heterocycles. The van der Waals surface area contributed by atoms with Crippen LogP contribution in [0.1, 0.15) is 11.1 Å². The highest BCUT2D eigenvalue weighted by molar-refractivity contribution is 7.85. The van der Waals surface area contributed by atoms with Crippen LogP contribution in [0.15, 0.2) is 51.5 Å². The molecule has 0 aliphatic carbocycles. The standard InChI is InChI=1S/C9H11ClN4O3.C7H8O3S/c1-17-6-3-2-5(7(10)8(6)15)4-12-13-9(11)14-16;1-6-2-4-7(5-3-6)11(8,9)10/h2-4,15-16H,1H3,(H3,11,13,14);2-5H,1H3,(H,8,9,10)/b12-4+;. The Morgan fingerprint density at radius 3 is 2.36 bits per heavy atom. The lowest BCUT2D eigenvalue weighted by molar-refractivity contribution is 0.232. The molecular weight excluding hydrogens is 412 g/mol. The van der Waals surface area contributed by atoms with Crippen molar-refractivity contribution in [2.24, 2.45) is 15.9 Å². The molecule has 0 fully saturated rings. The summed E-state index contributed by atoms with van der Waals surface area (Å²) in [6.07, 6.45) is 1.27. The number of aryl methyl sites for hydroxylation is 1. The number of nitrogens with two attached hydrogens (primary N) is 1. The first kappa shape index (κ1) is 23.2. The summed E-state index contributed by atoms with van der Waals surface area (Å²) in [5.74, 6) is -0.197. The second kappa shape index (κ2) is 10.5. The maximum Gasteiger partial charge on any atom is 0.294 e. The molecule has 2 aromatic carbocycles. The first-order chi connectivity index (χ1) is 13.1. The average molecular weight is 431 g/mol. The lowest BCUT2D eigenvalue weighted by Gasteiger charge is -2.06. The average Bonchev–Trinajstić information content (AvgIpc) is 2.65. The topological polar surface area (TPSA) is 167 Å². The molecule has 0 aromatic heterocycles. The van der Waals surface area contributed by atoms with Gasteiger partial charge in [-0.15, -0.1) is 5.10 Å². The number of hydroxylamine groups is 1. The van der Waals surface area contributed by atoms with E-state index >= 15 is 0 Å². The van der Waals surface area contributed by atoms with E-state index in [1.807, 2.05) is 6.92 Å². The summed E-state index contributed by atoms with van der Waals surface area (Å²) < 4.78 is 34.4. The van der Waals surface area contributed by atoms with Crippen LogP contribution in [-0.4, -0.2) is 42.6 Å². The van der Waals surface area contributed by atoms with E-state index in [2.05, 4.69) is 10.2 Å². The Morgan fingerprint density at radius 2 is 1.86 bits per heavy atom. The highest BCUT2D eigenvalue weighted by atomic mass is 35.5. The normalized spacial score (nSPS) is 11.7. The Balaban J connectivity index is 0.000000307. The fourth-order valence-electron chi connectivity index (χ4n) is 1.71. The van der Waals surface area contributed by atoms with Crippen molar-refractivity contribution in [2.45, 2.75) is 11.8 Å². The molecule has 10 nitrogen and oxygen atoms in total. The number of nitrogens with one attached hydrogen (secondary N) is 1. The summed E-state index contributed by atoms with van der Waals surface area (Å²) in [7, 11) is -2.61. The van der Waals surface area contributed by atoms with E-state index in [-0.39, 0.29) is 27.4 Å². The molecule has 0 amide bonds. The van der Waals surface area contributed by atoms with E-state index < -0.39 is 10.1 Å². The smallest absolute Gasteiger partial charge is 0.294 e. The van der Waals surface area contributed by atoms with Gasteiger partial charge in [0.2, 0.25) is 5.96 Å². The molecule has 152 valence electrons. The van der Waals surface area contributed by atoms with Gasteiger partial charge in [0.15, 0.2) is 11.5 Å². The zero-order valence-corrected chi connectivity index (χ0v) is 16.4. The first-order valence-electron chi connectivity index (χ1n) is 7.46. The molecule has 0 radical (unpaired) electrons. The number of nitrogens with zero attached hydrogens (tertiary/aromatic N) is 2. The number of phenolic OH excluding ortho intramolecular Hbond substituents is 1. The molecule has 0 spiro atoms. The molecule has 0 atom stereocenters. The van der Waals surface area contributed by atoms with E-state index in [1.165, 1.54) is 31.5 Å². The maximum atomic E-state index is 10.5. The van der Waals surface area contributed by atoms with Gasteiger partial charge < -0.3 is 15.6 Å². The molecule has 0 unspecified atom stereocenters. The summed E-state index contributed by atoms with van der Waals surface area (Å²) in [6, 6.07) is 9.10. The molecule has 2 aromatic rings. The van der Waals surface area contributed by atoms with Crippen LogP contribution in [-0.2, 0) is 10.1 Å². The van der Waals surface area contributed by atoms with Gasteiger partial charge in [0.25, 0.3) is 10.1 Å². The Bertz CT molecular complexity index is 962. The number of methoxy groups -OCH3 is 1. The van der Waals surface area contributed by atoms with Crippen molar-refractivity contribution in [2.75, 3.05) is 7.11 Å². The number of phenols is 1. The highest BCUT2D eigenvalue weighted by Crippen LogP contribution is 2.35. The Labute approximate surface area is 166 Å². The van der Waals surface area contributed by atoms with Crippen molar-refractivity contribution in [3.05, 3.63) is 52.5 Å². The number of aromatic hydroxyl groups is 1. The number of hydrogen-bond donors (Lipinski definition) is 5. The Hall–Kier alpha value is -2.86. The lowest BCUT2D eigenvalue weighted by Crippen LogP contribution is -2.27. The zero-order chi connectivity index (χ0) is 21.3. The fourth-order valence-corrected chi connectivity index (χ4v) is 2.40. The first-order valence-corrected chi connectivity index (χ1v) is 9.28. The summed E-state index contributed by atoms with van der Waals surface area (Å²) >= 11 is 5.86. The SMILES string of the molecule is COc1ccc(/C=N/N=C(\N)NO)c(Cl)c1O.Cc1ccc(S(=O)(=O)O)cc1. The zero-order valence-electron chi connectivity index (χ0n) is 14.9. The third kappa shape index (κ3) is 7.04. The van der Waals surface area contributed by atoms with Gasteiger partial charge in [-0.3, -0.25) is 9.76 Å². The van der Waals surface area contributed by atoms with Gasteiger partial charge in [-0.05, 0) is 31.2 Å². The Kier molecular flexibility index (Phi) is 8.67.